The lowest BCUT2D eigenvalue weighted by molar-refractivity contribution is -0.141. The van der Waals surface area contributed by atoms with Gasteiger partial charge in [0.1, 0.15) is 16.5 Å². The molecule has 0 aromatic carbocycles. The molecule has 0 radical (unpaired) electrons. The second-order valence-electron chi connectivity index (χ2n) is 4.08. The molecule has 0 bridgehead atoms. The molecule has 0 aliphatic heterocycles. The summed E-state index contributed by atoms with van der Waals surface area (Å²) in [6, 6.07) is 2.13. The van der Waals surface area contributed by atoms with Gasteiger partial charge in [-0.2, -0.15) is 24.9 Å². The summed E-state index contributed by atoms with van der Waals surface area (Å²) >= 11 is 6.55. The number of aromatic nitrogens is 1. The molecule has 0 saturated heterocycles. The number of hydrogen-bond donors (Lipinski definition) is 2. The van der Waals surface area contributed by atoms with Gasteiger partial charge in [0, 0.05) is 6.54 Å². The Hall–Kier alpha value is -1.02. The van der Waals surface area contributed by atoms with Crippen molar-refractivity contribution in [3.05, 3.63) is 23.4 Å². The van der Waals surface area contributed by atoms with Gasteiger partial charge in [0.25, 0.3) is 0 Å². The van der Waals surface area contributed by atoms with Gasteiger partial charge in [0.15, 0.2) is 0 Å². The number of nitrogens with zero attached hydrogens (tertiary/aromatic N) is 1. The maximum Gasteiger partial charge on any atom is 0.433 e. The normalized spacial score (nSPS) is 11.4. The number of nitrogens with two attached hydrogens (primary N) is 1. The molecule has 0 aliphatic rings. The van der Waals surface area contributed by atoms with Crippen LogP contribution >= 0.6 is 24.0 Å². The number of unbranched alkanes of at least 4 members (excludes halogenated alkanes) is 1. The van der Waals surface area contributed by atoms with Crippen LogP contribution in [0.3, 0.4) is 0 Å². The molecule has 20 heavy (non-hydrogen) atoms. The summed E-state index contributed by atoms with van der Waals surface area (Å²) in [5.74, 6) is 1.11. The van der Waals surface area contributed by atoms with Crippen molar-refractivity contribution in [3.8, 4) is 0 Å². The largest absolute Gasteiger partial charge is 0.433 e. The molecule has 0 aliphatic carbocycles. The number of nitrogens with one attached hydrogen (secondary N) is 1. The van der Waals surface area contributed by atoms with E-state index in [-0.39, 0.29) is 10.8 Å². The van der Waals surface area contributed by atoms with E-state index < -0.39 is 11.9 Å². The summed E-state index contributed by atoms with van der Waals surface area (Å²) in [5.41, 5.74) is 4.87. The van der Waals surface area contributed by atoms with Crippen LogP contribution in [0.2, 0.25) is 0 Å². The van der Waals surface area contributed by atoms with Gasteiger partial charge >= 0.3 is 6.18 Å². The first-order valence-corrected chi connectivity index (χ1v) is 7.77. The minimum atomic E-state index is -4.48. The Labute approximate surface area is 125 Å². The van der Waals surface area contributed by atoms with Gasteiger partial charge in [-0.3, -0.25) is 0 Å². The van der Waals surface area contributed by atoms with Gasteiger partial charge in [0.05, 0.1) is 5.56 Å². The molecule has 3 nitrogen and oxygen atoms in total. The Bertz CT molecular complexity index is 464. The molecule has 1 heterocycles. The summed E-state index contributed by atoms with van der Waals surface area (Å²) in [4.78, 5) is 3.60. The Balaban J connectivity index is 2.81. The molecule has 0 atom stereocenters. The number of thiocarbonyl (C=S) groups is 1. The van der Waals surface area contributed by atoms with Crippen LogP contribution in [-0.2, 0) is 6.18 Å². The number of hydrogen-bond acceptors (Lipinski definition) is 4. The third-order valence-electron chi connectivity index (χ3n) is 2.52. The molecule has 0 amide bonds. The lowest BCUT2D eigenvalue weighted by Gasteiger charge is -2.13. The molecular weight excluding hydrogens is 307 g/mol. The first kappa shape index (κ1) is 17.0. The van der Waals surface area contributed by atoms with Crippen LogP contribution in [-0.4, -0.2) is 28.5 Å². The standard InChI is InChI=1S/C12H16F3N3S2/c1-20-7-3-2-6-17-11-8(10(16)19)4-5-9(18-11)12(13,14)15/h4-5H,2-3,6-7H2,1H3,(H2,16,19)(H,17,18). The summed E-state index contributed by atoms with van der Waals surface area (Å²) in [5, 5.41) is 2.88. The summed E-state index contributed by atoms with van der Waals surface area (Å²) in [7, 11) is 0. The predicted molar refractivity (Wildman–Crippen MR) is 81.2 cm³/mol. The fraction of sp³-hybridized carbons (Fsp3) is 0.500. The lowest BCUT2D eigenvalue weighted by atomic mass is 10.2. The monoisotopic (exact) mass is 323 g/mol. The zero-order valence-electron chi connectivity index (χ0n) is 11.0. The molecule has 0 unspecified atom stereocenters. The maximum atomic E-state index is 12.6. The van der Waals surface area contributed by atoms with E-state index in [4.69, 9.17) is 18.0 Å². The van der Waals surface area contributed by atoms with Gasteiger partial charge in [0.2, 0.25) is 0 Å². The first-order chi connectivity index (χ1) is 9.36. The van der Waals surface area contributed by atoms with Gasteiger partial charge < -0.3 is 11.1 Å². The van der Waals surface area contributed by atoms with Gasteiger partial charge in [-0.25, -0.2) is 4.98 Å². The highest BCUT2D eigenvalue weighted by atomic mass is 32.2. The average Bonchev–Trinajstić information content (AvgIpc) is 2.37. The van der Waals surface area contributed by atoms with E-state index in [2.05, 4.69) is 10.3 Å². The molecule has 0 saturated carbocycles. The van der Waals surface area contributed by atoms with E-state index in [0.29, 0.717) is 12.1 Å². The van der Waals surface area contributed by atoms with E-state index in [9.17, 15) is 13.2 Å². The third kappa shape index (κ3) is 5.16. The number of rotatable bonds is 7. The molecule has 0 spiro atoms. The van der Waals surface area contributed by atoms with Gasteiger partial charge in [-0.05, 0) is 37.0 Å². The third-order valence-corrected chi connectivity index (χ3v) is 3.44. The highest BCUT2D eigenvalue weighted by Gasteiger charge is 2.33. The van der Waals surface area contributed by atoms with Crippen molar-refractivity contribution in [2.24, 2.45) is 5.73 Å². The second kappa shape index (κ2) is 7.68. The van der Waals surface area contributed by atoms with Crippen molar-refractivity contribution >= 4 is 34.8 Å². The lowest BCUT2D eigenvalue weighted by Crippen LogP contribution is -2.18. The Morgan fingerprint density at radius 2 is 2.10 bits per heavy atom. The van der Waals surface area contributed by atoms with E-state index in [1.54, 1.807) is 11.8 Å². The average molecular weight is 323 g/mol. The van der Waals surface area contributed by atoms with E-state index in [1.165, 1.54) is 6.07 Å². The minimum Gasteiger partial charge on any atom is -0.389 e. The van der Waals surface area contributed by atoms with Crippen molar-refractivity contribution in [1.82, 2.24) is 4.98 Å². The molecule has 1 rings (SSSR count). The van der Waals surface area contributed by atoms with Crippen molar-refractivity contribution in [2.45, 2.75) is 19.0 Å². The van der Waals surface area contributed by atoms with Crippen LogP contribution < -0.4 is 11.1 Å². The van der Waals surface area contributed by atoms with Gasteiger partial charge in [-0.1, -0.05) is 12.2 Å². The molecule has 8 heteroatoms. The number of halogens is 3. The molecule has 3 N–H and O–H groups in total. The maximum absolute atomic E-state index is 12.6. The number of anilines is 1. The molecule has 1 aromatic rings. The highest BCUT2D eigenvalue weighted by molar-refractivity contribution is 7.98. The summed E-state index contributed by atoms with van der Waals surface area (Å²) in [6.07, 6.45) is -0.651. The molecule has 1 aromatic heterocycles. The van der Waals surface area contributed by atoms with Crippen molar-refractivity contribution in [1.29, 1.82) is 0 Å². The zero-order chi connectivity index (χ0) is 15.2. The van der Waals surface area contributed by atoms with E-state index >= 15 is 0 Å². The Morgan fingerprint density at radius 1 is 1.40 bits per heavy atom. The highest BCUT2D eigenvalue weighted by Crippen LogP contribution is 2.29. The zero-order valence-corrected chi connectivity index (χ0v) is 12.6. The number of alkyl halides is 3. The topological polar surface area (TPSA) is 50.9 Å². The Kier molecular flexibility index (Phi) is 6.54. The predicted octanol–water partition coefficient (Wildman–Crippen LogP) is 3.29. The van der Waals surface area contributed by atoms with Crippen LogP contribution in [0.15, 0.2) is 12.1 Å². The van der Waals surface area contributed by atoms with Crippen molar-refractivity contribution in [2.75, 3.05) is 23.9 Å². The van der Waals surface area contributed by atoms with Crippen LogP contribution in [0.4, 0.5) is 19.0 Å². The van der Waals surface area contributed by atoms with E-state index in [1.807, 2.05) is 6.26 Å². The number of pyridine rings is 1. The second-order valence-corrected chi connectivity index (χ2v) is 5.51. The fourth-order valence-corrected chi connectivity index (χ4v) is 2.19. The minimum absolute atomic E-state index is 0.0258. The number of thioether (sulfide) groups is 1. The van der Waals surface area contributed by atoms with E-state index in [0.717, 1.165) is 24.7 Å². The fourth-order valence-electron chi connectivity index (χ4n) is 1.53. The first-order valence-electron chi connectivity index (χ1n) is 5.97. The molecular formula is C12H16F3N3S2. The van der Waals surface area contributed by atoms with Crippen molar-refractivity contribution < 1.29 is 13.2 Å². The SMILES string of the molecule is CSCCCCNc1nc(C(F)(F)F)ccc1C(N)=S. The van der Waals surface area contributed by atoms with Crippen LogP contribution in [0.1, 0.15) is 24.1 Å². The Morgan fingerprint density at radius 3 is 2.65 bits per heavy atom. The van der Waals surface area contributed by atoms with Crippen LogP contribution in [0.25, 0.3) is 0 Å². The molecule has 112 valence electrons. The van der Waals surface area contributed by atoms with Gasteiger partial charge in [-0.15, -0.1) is 0 Å². The quantitative estimate of drug-likeness (QED) is 0.596. The smallest absolute Gasteiger partial charge is 0.389 e. The summed E-state index contributed by atoms with van der Waals surface area (Å²) in [6.45, 7) is 0.532. The van der Waals surface area contributed by atoms with Crippen LogP contribution in [0, 0.1) is 0 Å². The molecule has 0 fully saturated rings. The summed E-state index contributed by atoms with van der Waals surface area (Å²) < 4.78 is 37.9. The van der Waals surface area contributed by atoms with Crippen molar-refractivity contribution in [3.63, 3.8) is 0 Å². The van der Waals surface area contributed by atoms with Crippen LogP contribution in [0.5, 0.6) is 0 Å².